The van der Waals surface area contributed by atoms with Crippen LogP contribution in [-0.4, -0.2) is 68.5 Å². The molecule has 0 bridgehead atoms. The number of halogens is 1. The lowest BCUT2D eigenvalue weighted by atomic mass is 10.2. The molecule has 0 radical (unpaired) electrons. The summed E-state index contributed by atoms with van der Waals surface area (Å²) in [6.45, 7) is 7.61. The zero-order chi connectivity index (χ0) is 18.8. The third-order valence-corrected chi connectivity index (χ3v) is 3.93. The topological polar surface area (TPSA) is 57.2 Å². The van der Waals surface area contributed by atoms with Crippen molar-refractivity contribution in [3.05, 3.63) is 29.8 Å². The van der Waals surface area contributed by atoms with Crippen molar-refractivity contribution in [3.8, 4) is 5.75 Å². The Bertz CT molecular complexity index is 561. The summed E-state index contributed by atoms with van der Waals surface area (Å²) in [5.74, 6) is 1.56. The number of likely N-dealkylation sites (N-methyl/N-ethyl adjacent to an activating group) is 2. The summed E-state index contributed by atoms with van der Waals surface area (Å²) in [6, 6.07) is 8.29. The van der Waals surface area contributed by atoms with E-state index in [4.69, 9.17) is 4.74 Å². The van der Waals surface area contributed by atoms with E-state index in [0.29, 0.717) is 13.2 Å². The monoisotopic (exact) mass is 476 g/mol. The van der Waals surface area contributed by atoms with E-state index < -0.39 is 0 Å². The Hall–Kier alpha value is -1.51. The van der Waals surface area contributed by atoms with Crippen molar-refractivity contribution in [2.75, 3.05) is 40.8 Å². The molecule has 1 aromatic rings. The molecule has 0 aliphatic carbocycles. The maximum Gasteiger partial charge on any atom is 0.243 e. The highest BCUT2D eigenvalue weighted by molar-refractivity contribution is 14.0. The average Bonchev–Trinajstić information content (AvgIpc) is 2.59. The predicted octanol–water partition coefficient (Wildman–Crippen LogP) is 2.76. The van der Waals surface area contributed by atoms with Crippen molar-refractivity contribution in [1.82, 2.24) is 15.1 Å². The second kappa shape index (κ2) is 12.8. The van der Waals surface area contributed by atoms with Gasteiger partial charge in [0.15, 0.2) is 5.96 Å². The summed E-state index contributed by atoms with van der Waals surface area (Å²) in [5, 5.41) is 3.37. The minimum Gasteiger partial charge on any atom is -0.492 e. The van der Waals surface area contributed by atoms with E-state index in [1.165, 1.54) is 5.56 Å². The van der Waals surface area contributed by atoms with Crippen molar-refractivity contribution in [2.45, 2.75) is 33.2 Å². The summed E-state index contributed by atoms with van der Waals surface area (Å²) in [7, 11) is 5.42. The van der Waals surface area contributed by atoms with Gasteiger partial charge in [0.2, 0.25) is 5.91 Å². The number of benzene rings is 1. The van der Waals surface area contributed by atoms with Gasteiger partial charge in [0, 0.05) is 27.2 Å². The molecule has 26 heavy (non-hydrogen) atoms. The first-order valence-corrected chi connectivity index (χ1v) is 8.75. The molecule has 0 saturated heterocycles. The van der Waals surface area contributed by atoms with Crippen LogP contribution < -0.4 is 10.1 Å². The Kier molecular flexibility index (Phi) is 12.0. The summed E-state index contributed by atoms with van der Waals surface area (Å²) < 4.78 is 5.78. The molecular weight excluding hydrogens is 443 g/mol. The van der Waals surface area contributed by atoms with Gasteiger partial charge in [-0.1, -0.05) is 24.6 Å². The zero-order valence-electron chi connectivity index (χ0n) is 16.8. The van der Waals surface area contributed by atoms with Gasteiger partial charge in [-0.05, 0) is 32.4 Å². The Morgan fingerprint density at radius 2 is 1.85 bits per heavy atom. The van der Waals surface area contributed by atoms with Crippen LogP contribution in [0.2, 0.25) is 0 Å². The number of nitrogens with one attached hydrogen (secondary N) is 1. The molecule has 0 spiro atoms. The van der Waals surface area contributed by atoms with Crippen molar-refractivity contribution in [1.29, 1.82) is 0 Å². The maximum atomic E-state index is 11.8. The van der Waals surface area contributed by atoms with E-state index in [-0.39, 0.29) is 42.5 Å². The van der Waals surface area contributed by atoms with Gasteiger partial charge >= 0.3 is 0 Å². The first-order valence-electron chi connectivity index (χ1n) is 8.75. The van der Waals surface area contributed by atoms with Crippen LogP contribution in [0.3, 0.4) is 0 Å². The van der Waals surface area contributed by atoms with Crippen LogP contribution in [0.1, 0.15) is 25.8 Å². The fourth-order valence-electron chi connectivity index (χ4n) is 1.92. The minimum atomic E-state index is -0.0206. The van der Waals surface area contributed by atoms with Gasteiger partial charge in [-0.2, -0.15) is 0 Å². The fourth-order valence-corrected chi connectivity index (χ4v) is 1.92. The molecule has 6 nitrogen and oxygen atoms in total. The predicted molar refractivity (Wildman–Crippen MR) is 119 cm³/mol. The van der Waals surface area contributed by atoms with E-state index in [0.717, 1.165) is 18.1 Å². The maximum absolute atomic E-state index is 11.8. The van der Waals surface area contributed by atoms with Crippen LogP contribution >= 0.6 is 24.0 Å². The van der Waals surface area contributed by atoms with E-state index in [1.807, 2.05) is 36.2 Å². The third-order valence-electron chi connectivity index (χ3n) is 3.93. The number of carbonyl (C=O) groups is 1. The standard InChI is InChI=1S/C19H32N4O2.HI/c1-7-16(3)21-19(20-14-18(24)22(4)5)23(6)12-13-25-17-10-8-15(2)9-11-17;/h8-11,16H,7,12-14H2,1-6H3,(H,20,21);1H. The van der Waals surface area contributed by atoms with Crippen LogP contribution in [0.5, 0.6) is 5.75 Å². The van der Waals surface area contributed by atoms with E-state index in [9.17, 15) is 4.79 Å². The van der Waals surface area contributed by atoms with Crippen molar-refractivity contribution < 1.29 is 9.53 Å². The molecule has 148 valence electrons. The average molecular weight is 476 g/mol. The first-order chi connectivity index (χ1) is 11.8. The van der Waals surface area contributed by atoms with Gasteiger partial charge in [-0.15, -0.1) is 24.0 Å². The number of nitrogens with zero attached hydrogens (tertiary/aromatic N) is 3. The smallest absolute Gasteiger partial charge is 0.243 e. The van der Waals surface area contributed by atoms with Gasteiger partial charge in [0.25, 0.3) is 0 Å². The number of aliphatic imine (C=N–C) groups is 1. The molecule has 0 saturated carbocycles. The number of hydrogen-bond donors (Lipinski definition) is 1. The summed E-state index contributed by atoms with van der Waals surface area (Å²) >= 11 is 0. The van der Waals surface area contributed by atoms with Crippen LogP contribution in [0, 0.1) is 6.92 Å². The number of carbonyl (C=O) groups excluding carboxylic acids is 1. The summed E-state index contributed by atoms with van der Waals surface area (Å²) in [6.07, 6.45) is 0.981. The minimum absolute atomic E-state index is 0. The number of amides is 1. The Labute approximate surface area is 175 Å². The zero-order valence-corrected chi connectivity index (χ0v) is 19.1. The molecule has 1 rings (SSSR count). The molecular formula is C19H33IN4O2. The molecule has 0 heterocycles. The Morgan fingerprint density at radius 3 is 2.38 bits per heavy atom. The molecule has 7 heteroatoms. The second-order valence-corrected chi connectivity index (χ2v) is 6.46. The number of guanidine groups is 1. The Morgan fingerprint density at radius 1 is 1.23 bits per heavy atom. The quantitative estimate of drug-likeness (QED) is 0.356. The van der Waals surface area contributed by atoms with Gasteiger partial charge < -0.3 is 19.9 Å². The van der Waals surface area contributed by atoms with Crippen molar-refractivity contribution >= 4 is 35.8 Å². The number of ether oxygens (including phenoxy) is 1. The SMILES string of the molecule is CCC(C)NC(=NCC(=O)N(C)C)N(C)CCOc1ccc(C)cc1.I. The van der Waals surface area contributed by atoms with Gasteiger partial charge in [-0.3, -0.25) is 4.79 Å². The van der Waals surface area contributed by atoms with Gasteiger partial charge in [-0.25, -0.2) is 4.99 Å². The van der Waals surface area contributed by atoms with Crippen LogP contribution in [0.4, 0.5) is 0 Å². The largest absolute Gasteiger partial charge is 0.492 e. The molecule has 0 aliphatic rings. The normalized spacial score (nSPS) is 12.0. The van der Waals surface area contributed by atoms with Crippen LogP contribution in [0.15, 0.2) is 29.3 Å². The highest BCUT2D eigenvalue weighted by atomic mass is 127. The van der Waals surface area contributed by atoms with E-state index in [1.54, 1.807) is 19.0 Å². The molecule has 1 atom stereocenters. The van der Waals surface area contributed by atoms with E-state index in [2.05, 4.69) is 31.1 Å². The Balaban J connectivity index is 0.00000625. The van der Waals surface area contributed by atoms with Crippen LogP contribution in [-0.2, 0) is 4.79 Å². The lowest BCUT2D eigenvalue weighted by Crippen LogP contribution is -2.45. The summed E-state index contributed by atoms with van der Waals surface area (Å²) in [5.41, 5.74) is 1.21. The molecule has 0 aromatic heterocycles. The molecule has 1 amide bonds. The third kappa shape index (κ3) is 9.26. The lowest BCUT2D eigenvalue weighted by molar-refractivity contribution is -0.127. The molecule has 0 aliphatic heterocycles. The van der Waals surface area contributed by atoms with Crippen molar-refractivity contribution in [2.24, 2.45) is 4.99 Å². The van der Waals surface area contributed by atoms with Crippen LogP contribution in [0.25, 0.3) is 0 Å². The van der Waals surface area contributed by atoms with Crippen molar-refractivity contribution in [3.63, 3.8) is 0 Å². The molecule has 1 unspecified atom stereocenters. The highest BCUT2D eigenvalue weighted by Crippen LogP contribution is 2.11. The highest BCUT2D eigenvalue weighted by Gasteiger charge is 2.11. The van der Waals surface area contributed by atoms with Gasteiger partial charge in [0.05, 0.1) is 6.54 Å². The number of hydrogen-bond acceptors (Lipinski definition) is 3. The number of aryl methyl sites for hydroxylation is 1. The van der Waals surface area contributed by atoms with E-state index >= 15 is 0 Å². The second-order valence-electron chi connectivity index (χ2n) is 6.46. The summed E-state index contributed by atoms with van der Waals surface area (Å²) in [4.78, 5) is 19.8. The van der Waals surface area contributed by atoms with Gasteiger partial charge in [0.1, 0.15) is 18.9 Å². The lowest BCUT2D eigenvalue weighted by Gasteiger charge is -2.25. The number of rotatable bonds is 8. The molecule has 1 N–H and O–H groups in total. The molecule has 1 aromatic carbocycles. The fraction of sp³-hybridized carbons (Fsp3) is 0.579. The first kappa shape index (κ1) is 24.5. The molecule has 0 fully saturated rings.